The van der Waals surface area contributed by atoms with Crippen molar-refractivity contribution in [3.63, 3.8) is 0 Å². The van der Waals surface area contributed by atoms with Crippen molar-refractivity contribution in [1.29, 1.82) is 0 Å². The number of benzene rings is 5. The van der Waals surface area contributed by atoms with E-state index in [0.29, 0.717) is 12.0 Å². The molecular formula is C57H49N5. The molecule has 0 N–H and O–H groups in total. The van der Waals surface area contributed by atoms with Crippen molar-refractivity contribution < 1.29 is 0 Å². The van der Waals surface area contributed by atoms with E-state index in [-0.39, 0.29) is 11.8 Å². The largest absolute Gasteiger partial charge is 0.340 e. The van der Waals surface area contributed by atoms with Crippen molar-refractivity contribution in [2.45, 2.75) is 75.2 Å². The van der Waals surface area contributed by atoms with Gasteiger partial charge in [-0.3, -0.25) is 0 Å². The average Bonchev–Trinajstić information content (AvgIpc) is 3.87. The first-order valence-electron chi connectivity index (χ1n) is 22.7. The minimum Gasteiger partial charge on any atom is -0.340 e. The quantitative estimate of drug-likeness (QED) is 0.151. The molecule has 4 aliphatic carbocycles. The van der Waals surface area contributed by atoms with Gasteiger partial charge < -0.3 is 9.47 Å². The first-order chi connectivity index (χ1) is 30.7. The number of fused-ring (bicyclic) bond motifs is 6. The van der Waals surface area contributed by atoms with Gasteiger partial charge in [0.2, 0.25) is 0 Å². The molecule has 5 aliphatic rings. The van der Waals surface area contributed by atoms with Crippen molar-refractivity contribution in [1.82, 2.24) is 19.5 Å². The lowest BCUT2D eigenvalue weighted by atomic mass is 9.85. The smallest absolute Gasteiger partial charge is 0.163 e. The summed E-state index contributed by atoms with van der Waals surface area (Å²) in [4.78, 5) is 18.9. The predicted octanol–water partition coefficient (Wildman–Crippen LogP) is 14.0. The highest BCUT2D eigenvalue weighted by Gasteiger charge is 2.42. The maximum absolute atomic E-state index is 5.49. The van der Waals surface area contributed by atoms with E-state index in [9.17, 15) is 0 Å². The van der Waals surface area contributed by atoms with Crippen molar-refractivity contribution in [2.75, 3.05) is 4.90 Å². The Hall–Kier alpha value is -6.85. The van der Waals surface area contributed by atoms with Crippen LogP contribution >= 0.6 is 0 Å². The number of hydrogen-bond donors (Lipinski definition) is 0. The van der Waals surface area contributed by atoms with Gasteiger partial charge in [-0.15, -0.1) is 0 Å². The molecule has 0 bridgehead atoms. The minimum absolute atomic E-state index is 0.00140. The van der Waals surface area contributed by atoms with Crippen LogP contribution in [0.25, 0.3) is 49.8 Å². The van der Waals surface area contributed by atoms with E-state index in [0.717, 1.165) is 74.4 Å². The SMILES string of the molecule is C1=CCC(c2nc(C3=CCCC=C3)nc(C3CC=C(c4ccccc4)CC3)n2)C(N2c3cc(-n4c5ccccc5c5cc(-c6ccccc6)ccc54)ccc3C3C=CCCC32)=C1. The molecule has 5 heteroatoms. The van der Waals surface area contributed by atoms with Crippen molar-refractivity contribution in [3.8, 4) is 16.8 Å². The Labute approximate surface area is 363 Å². The molecule has 4 unspecified atom stereocenters. The number of anilines is 1. The summed E-state index contributed by atoms with van der Waals surface area (Å²) in [5, 5.41) is 2.54. The predicted molar refractivity (Wildman–Crippen MR) is 255 cm³/mol. The van der Waals surface area contributed by atoms with Crippen LogP contribution in [0, 0.1) is 0 Å². The van der Waals surface area contributed by atoms with Gasteiger partial charge >= 0.3 is 0 Å². The van der Waals surface area contributed by atoms with Crippen LogP contribution in [0.4, 0.5) is 5.69 Å². The number of para-hydroxylation sites is 1. The number of aromatic nitrogens is 4. The first-order valence-corrected chi connectivity index (χ1v) is 22.7. The molecular weight excluding hydrogens is 755 g/mol. The van der Waals surface area contributed by atoms with Gasteiger partial charge in [0.25, 0.3) is 0 Å². The Bertz CT molecular complexity index is 3050. The first kappa shape index (κ1) is 37.0. The Morgan fingerprint density at radius 3 is 2.26 bits per heavy atom. The lowest BCUT2D eigenvalue weighted by molar-refractivity contribution is 0.528. The van der Waals surface area contributed by atoms with Crippen LogP contribution < -0.4 is 4.90 Å². The molecule has 1 aliphatic heterocycles. The van der Waals surface area contributed by atoms with Crippen molar-refractivity contribution in [2.24, 2.45) is 0 Å². The Kier molecular flexibility index (Phi) is 9.27. The molecule has 0 fully saturated rings. The monoisotopic (exact) mass is 803 g/mol. The summed E-state index contributed by atoms with van der Waals surface area (Å²) in [5.74, 6) is 3.21. The third-order valence-corrected chi connectivity index (χ3v) is 14.0. The molecule has 4 atom stereocenters. The molecule has 0 saturated heterocycles. The molecule has 12 rings (SSSR count). The van der Waals surface area contributed by atoms with Gasteiger partial charge in [-0.2, -0.15) is 0 Å². The van der Waals surface area contributed by atoms with Gasteiger partial charge in [0.15, 0.2) is 5.82 Å². The minimum atomic E-state index is -0.00140. The third-order valence-electron chi connectivity index (χ3n) is 14.0. The van der Waals surface area contributed by atoms with Gasteiger partial charge in [0.05, 0.1) is 17.0 Å². The number of allylic oxidation sites excluding steroid dienone is 11. The van der Waals surface area contributed by atoms with Crippen molar-refractivity contribution >= 4 is 38.6 Å². The van der Waals surface area contributed by atoms with Crippen LogP contribution in [0.15, 0.2) is 182 Å². The number of rotatable bonds is 7. The zero-order valence-electron chi connectivity index (χ0n) is 34.9. The lowest BCUT2D eigenvalue weighted by Gasteiger charge is -2.37. The van der Waals surface area contributed by atoms with E-state index in [1.807, 2.05) is 0 Å². The van der Waals surface area contributed by atoms with Crippen LogP contribution in [0.3, 0.4) is 0 Å². The molecule has 5 aromatic carbocycles. The van der Waals surface area contributed by atoms with Gasteiger partial charge in [-0.1, -0.05) is 140 Å². The second kappa shape index (κ2) is 15.6. The summed E-state index contributed by atoms with van der Waals surface area (Å²) in [6.45, 7) is 0. The molecule has 2 aromatic heterocycles. The van der Waals surface area contributed by atoms with E-state index >= 15 is 0 Å². The highest BCUT2D eigenvalue weighted by atomic mass is 15.2. The fourth-order valence-corrected chi connectivity index (χ4v) is 10.9. The Morgan fingerprint density at radius 1 is 0.597 bits per heavy atom. The molecule has 3 heterocycles. The maximum Gasteiger partial charge on any atom is 0.163 e. The van der Waals surface area contributed by atoms with E-state index in [1.54, 1.807) is 0 Å². The van der Waals surface area contributed by atoms with Crippen LogP contribution in [0.5, 0.6) is 0 Å². The van der Waals surface area contributed by atoms with E-state index in [2.05, 4.69) is 185 Å². The van der Waals surface area contributed by atoms with Gasteiger partial charge in [-0.05, 0) is 116 Å². The van der Waals surface area contributed by atoms with Gasteiger partial charge in [0, 0.05) is 51.3 Å². The number of hydrogen-bond acceptors (Lipinski definition) is 4. The molecule has 62 heavy (non-hydrogen) atoms. The van der Waals surface area contributed by atoms with E-state index < -0.39 is 0 Å². The highest BCUT2D eigenvalue weighted by Crippen LogP contribution is 2.51. The summed E-state index contributed by atoms with van der Waals surface area (Å²) >= 11 is 0. The van der Waals surface area contributed by atoms with Crippen LogP contribution in [0.2, 0.25) is 0 Å². The van der Waals surface area contributed by atoms with Gasteiger partial charge in [-0.25, -0.2) is 15.0 Å². The molecule has 0 spiro atoms. The van der Waals surface area contributed by atoms with Crippen LogP contribution in [-0.2, 0) is 0 Å². The summed E-state index contributed by atoms with van der Waals surface area (Å²) < 4.78 is 2.47. The van der Waals surface area contributed by atoms with Crippen LogP contribution in [0.1, 0.15) is 97.7 Å². The van der Waals surface area contributed by atoms with Crippen LogP contribution in [-0.4, -0.2) is 25.6 Å². The molecule has 0 saturated carbocycles. The molecule has 0 amide bonds. The third kappa shape index (κ3) is 6.41. The Morgan fingerprint density at radius 2 is 1.42 bits per heavy atom. The highest BCUT2D eigenvalue weighted by molar-refractivity contribution is 6.10. The summed E-state index contributed by atoms with van der Waals surface area (Å²) in [5.41, 5.74) is 13.9. The Balaban J connectivity index is 0.961. The zero-order valence-corrected chi connectivity index (χ0v) is 34.9. The van der Waals surface area contributed by atoms with E-state index in [4.69, 9.17) is 15.0 Å². The normalized spacial score (nSPS) is 21.7. The van der Waals surface area contributed by atoms with Crippen molar-refractivity contribution in [3.05, 3.63) is 210 Å². The molecule has 7 aromatic rings. The standard InChI is InChI=1S/C57H49N5/c1-4-16-38(17-5-1)40-28-30-42(31-29-40)56-58-55(41-20-8-3-9-21-41)59-57(60-56)48-24-12-15-27-52(48)62-51-26-14-10-22-45(51)47-34-33-44(37-54(47)62)61-50-25-13-11-23-46(50)49-36-43(32-35-53(49)61)39-18-6-2-7-19-39/h1-2,4-8,10-13,15-23,25,27-28,32-37,42,45,48,51H,3,9,14,24,26,29-31H2. The summed E-state index contributed by atoms with van der Waals surface area (Å²) in [6.07, 6.45) is 29.1. The average molecular weight is 804 g/mol. The second-order valence-electron chi connectivity index (χ2n) is 17.6. The van der Waals surface area contributed by atoms with E-state index in [1.165, 1.54) is 66.7 Å². The topological polar surface area (TPSA) is 46.8 Å². The fourth-order valence-electron chi connectivity index (χ4n) is 10.9. The molecule has 302 valence electrons. The zero-order chi connectivity index (χ0) is 41.0. The lowest BCUT2D eigenvalue weighted by Crippen LogP contribution is -2.37. The summed E-state index contributed by atoms with van der Waals surface area (Å²) in [6, 6.07) is 44.9. The fraction of sp³-hybridized carbons (Fsp3) is 0.211. The maximum atomic E-state index is 5.49. The molecule has 0 radical (unpaired) electrons. The van der Waals surface area contributed by atoms with Gasteiger partial charge in [0.1, 0.15) is 11.6 Å². The molecule has 5 nitrogen and oxygen atoms in total. The number of nitrogens with zero attached hydrogens (tertiary/aromatic N) is 5. The summed E-state index contributed by atoms with van der Waals surface area (Å²) in [7, 11) is 0. The second-order valence-corrected chi connectivity index (χ2v) is 17.6.